The Balaban J connectivity index is 2.18. The fourth-order valence-corrected chi connectivity index (χ4v) is 2.32. The molecule has 9 heteroatoms. The summed E-state index contributed by atoms with van der Waals surface area (Å²) in [5, 5.41) is 11.1. The molecule has 1 aromatic carbocycles. The highest BCUT2D eigenvalue weighted by Crippen LogP contribution is 2.15. The zero-order valence-corrected chi connectivity index (χ0v) is 11.3. The molecule has 0 saturated heterocycles. The van der Waals surface area contributed by atoms with Crippen molar-refractivity contribution in [2.75, 3.05) is 4.72 Å². The first-order valence-electron chi connectivity index (χ1n) is 5.59. The summed E-state index contributed by atoms with van der Waals surface area (Å²) < 4.78 is 27.2. The lowest BCUT2D eigenvalue weighted by molar-refractivity contribution is -0.136. The molecule has 8 nitrogen and oxygen atoms in total. The number of sulfonamides is 1. The number of aromatic nitrogens is 3. The standard InChI is InChI=1S/C11H12N4O4S/c1-8(11(16)17)20(18,19)14-9-2-4-10(5-3-9)15-7-12-6-13-15/h2-8,14H,1H3,(H,16,17). The van der Waals surface area contributed by atoms with Crippen LogP contribution in [0.25, 0.3) is 5.69 Å². The van der Waals surface area contributed by atoms with Crippen LogP contribution in [-0.2, 0) is 14.8 Å². The van der Waals surface area contributed by atoms with Gasteiger partial charge in [0, 0.05) is 5.69 Å². The molecule has 2 N–H and O–H groups in total. The third kappa shape index (κ3) is 2.94. The molecule has 106 valence electrons. The normalized spacial score (nSPS) is 12.8. The van der Waals surface area contributed by atoms with E-state index in [-0.39, 0.29) is 5.69 Å². The number of rotatable bonds is 5. The Labute approximate surface area is 115 Å². The maximum absolute atomic E-state index is 11.7. The van der Waals surface area contributed by atoms with E-state index in [4.69, 9.17) is 5.11 Å². The Morgan fingerprint density at radius 1 is 1.35 bits per heavy atom. The molecule has 0 aliphatic carbocycles. The number of carboxylic acids is 1. The van der Waals surface area contributed by atoms with E-state index >= 15 is 0 Å². The van der Waals surface area contributed by atoms with Crippen molar-refractivity contribution in [3.05, 3.63) is 36.9 Å². The number of anilines is 1. The zero-order chi connectivity index (χ0) is 14.8. The van der Waals surface area contributed by atoms with Gasteiger partial charge >= 0.3 is 5.97 Å². The first-order valence-corrected chi connectivity index (χ1v) is 7.14. The van der Waals surface area contributed by atoms with Gasteiger partial charge in [-0.25, -0.2) is 18.1 Å². The van der Waals surface area contributed by atoms with Crippen LogP contribution in [0.5, 0.6) is 0 Å². The monoisotopic (exact) mass is 296 g/mol. The number of nitrogens with one attached hydrogen (secondary N) is 1. The minimum atomic E-state index is -3.96. The van der Waals surface area contributed by atoms with Crippen LogP contribution in [0, 0.1) is 0 Å². The minimum Gasteiger partial charge on any atom is -0.480 e. The van der Waals surface area contributed by atoms with Crippen molar-refractivity contribution in [3.8, 4) is 5.69 Å². The first kappa shape index (κ1) is 14.0. The Hall–Kier alpha value is -2.42. The summed E-state index contributed by atoms with van der Waals surface area (Å²) in [7, 11) is -3.96. The highest BCUT2D eigenvalue weighted by Gasteiger charge is 2.27. The molecule has 0 fully saturated rings. The molecule has 0 amide bonds. The van der Waals surface area contributed by atoms with Gasteiger partial charge in [-0.15, -0.1) is 0 Å². The molecule has 0 radical (unpaired) electrons. The topological polar surface area (TPSA) is 114 Å². The number of aliphatic carboxylic acids is 1. The molecular formula is C11H12N4O4S. The van der Waals surface area contributed by atoms with E-state index < -0.39 is 21.2 Å². The molecular weight excluding hydrogens is 284 g/mol. The lowest BCUT2D eigenvalue weighted by Crippen LogP contribution is -2.32. The second kappa shape index (κ2) is 5.29. The van der Waals surface area contributed by atoms with Gasteiger partial charge in [0.1, 0.15) is 12.7 Å². The fraction of sp³-hybridized carbons (Fsp3) is 0.182. The van der Waals surface area contributed by atoms with E-state index in [1.807, 2.05) is 0 Å². The van der Waals surface area contributed by atoms with Crippen LogP contribution in [-0.4, -0.2) is 39.5 Å². The van der Waals surface area contributed by atoms with Crippen LogP contribution in [0.2, 0.25) is 0 Å². The van der Waals surface area contributed by atoms with Crippen LogP contribution in [0.4, 0.5) is 5.69 Å². The lowest BCUT2D eigenvalue weighted by atomic mass is 10.3. The third-order valence-electron chi connectivity index (χ3n) is 2.62. The van der Waals surface area contributed by atoms with Gasteiger partial charge in [-0.1, -0.05) is 0 Å². The van der Waals surface area contributed by atoms with E-state index in [1.165, 1.54) is 29.5 Å². The molecule has 1 unspecified atom stereocenters. The van der Waals surface area contributed by atoms with Crippen LogP contribution in [0.15, 0.2) is 36.9 Å². The average molecular weight is 296 g/mol. The molecule has 2 aromatic rings. The second-order valence-corrected chi connectivity index (χ2v) is 6.02. The zero-order valence-electron chi connectivity index (χ0n) is 10.5. The summed E-state index contributed by atoms with van der Waals surface area (Å²) in [4.78, 5) is 14.5. The number of hydrogen-bond donors (Lipinski definition) is 2. The number of hydrogen-bond acceptors (Lipinski definition) is 5. The van der Waals surface area contributed by atoms with Crippen LogP contribution >= 0.6 is 0 Å². The van der Waals surface area contributed by atoms with Gasteiger partial charge < -0.3 is 5.11 Å². The third-order valence-corrected chi connectivity index (χ3v) is 4.28. The maximum atomic E-state index is 11.7. The van der Waals surface area contributed by atoms with E-state index in [1.54, 1.807) is 12.1 Å². The van der Waals surface area contributed by atoms with Crippen molar-refractivity contribution >= 4 is 21.7 Å². The predicted octanol–water partition coefficient (Wildman–Crippen LogP) is 0.482. The number of nitrogens with zero attached hydrogens (tertiary/aromatic N) is 3. The van der Waals surface area contributed by atoms with E-state index in [2.05, 4.69) is 14.8 Å². The quantitative estimate of drug-likeness (QED) is 0.829. The summed E-state index contributed by atoms with van der Waals surface area (Å²) in [5.41, 5.74) is 0.985. The Bertz CT molecular complexity index is 695. The average Bonchev–Trinajstić information content (AvgIpc) is 2.92. The molecule has 0 spiro atoms. The van der Waals surface area contributed by atoms with Gasteiger partial charge in [-0.05, 0) is 31.2 Å². The first-order chi connectivity index (χ1) is 9.40. The largest absolute Gasteiger partial charge is 0.480 e. The summed E-state index contributed by atoms with van der Waals surface area (Å²) in [6.45, 7) is 1.11. The molecule has 1 aromatic heterocycles. The van der Waals surface area contributed by atoms with Crippen LogP contribution in [0.1, 0.15) is 6.92 Å². The SMILES string of the molecule is CC(C(=O)O)S(=O)(=O)Nc1ccc(-n2cncn2)cc1. The van der Waals surface area contributed by atoms with Crippen molar-refractivity contribution in [1.82, 2.24) is 14.8 Å². The molecule has 0 saturated carbocycles. The van der Waals surface area contributed by atoms with E-state index in [9.17, 15) is 13.2 Å². The van der Waals surface area contributed by atoms with Gasteiger partial charge in [0.05, 0.1) is 5.69 Å². The van der Waals surface area contributed by atoms with E-state index in [0.29, 0.717) is 5.69 Å². The highest BCUT2D eigenvalue weighted by atomic mass is 32.2. The van der Waals surface area contributed by atoms with Crippen molar-refractivity contribution in [1.29, 1.82) is 0 Å². The Morgan fingerprint density at radius 3 is 2.50 bits per heavy atom. The highest BCUT2D eigenvalue weighted by molar-refractivity contribution is 7.94. The summed E-state index contributed by atoms with van der Waals surface area (Å²) in [6, 6.07) is 6.31. The van der Waals surface area contributed by atoms with Crippen molar-refractivity contribution < 1.29 is 18.3 Å². The van der Waals surface area contributed by atoms with Crippen molar-refractivity contribution in [2.24, 2.45) is 0 Å². The Kier molecular flexibility index (Phi) is 3.70. The van der Waals surface area contributed by atoms with Gasteiger partial charge in [-0.2, -0.15) is 5.10 Å². The van der Waals surface area contributed by atoms with Gasteiger partial charge in [0.25, 0.3) is 0 Å². The molecule has 1 atom stereocenters. The van der Waals surface area contributed by atoms with Gasteiger partial charge in [0.2, 0.25) is 10.0 Å². The van der Waals surface area contributed by atoms with Gasteiger partial charge in [0.15, 0.2) is 5.25 Å². The maximum Gasteiger partial charge on any atom is 0.323 e. The van der Waals surface area contributed by atoms with Crippen LogP contribution in [0.3, 0.4) is 0 Å². The van der Waals surface area contributed by atoms with Crippen molar-refractivity contribution in [2.45, 2.75) is 12.2 Å². The molecule has 0 bridgehead atoms. The smallest absolute Gasteiger partial charge is 0.323 e. The fourth-order valence-electron chi connectivity index (χ4n) is 1.41. The van der Waals surface area contributed by atoms with Crippen LogP contribution < -0.4 is 4.72 Å². The van der Waals surface area contributed by atoms with Crippen molar-refractivity contribution in [3.63, 3.8) is 0 Å². The lowest BCUT2D eigenvalue weighted by Gasteiger charge is -2.11. The summed E-state index contributed by atoms with van der Waals surface area (Å²) in [5.74, 6) is -1.41. The molecule has 20 heavy (non-hydrogen) atoms. The number of carbonyl (C=O) groups is 1. The predicted molar refractivity (Wildman–Crippen MR) is 71.0 cm³/mol. The molecule has 1 heterocycles. The minimum absolute atomic E-state index is 0.280. The van der Waals surface area contributed by atoms with Gasteiger partial charge in [-0.3, -0.25) is 9.52 Å². The van der Waals surface area contributed by atoms with E-state index in [0.717, 1.165) is 6.92 Å². The number of carboxylic acid groups (broad SMARTS) is 1. The number of benzene rings is 1. The summed E-state index contributed by atoms with van der Waals surface area (Å²) >= 11 is 0. The molecule has 2 rings (SSSR count). The second-order valence-electron chi connectivity index (χ2n) is 4.01. The summed E-state index contributed by atoms with van der Waals surface area (Å²) in [6.07, 6.45) is 2.89. The Morgan fingerprint density at radius 2 is 2.00 bits per heavy atom. The molecule has 0 aliphatic heterocycles. The molecule has 0 aliphatic rings.